The maximum Gasteiger partial charge on any atom is 0.328 e. The fourth-order valence-corrected chi connectivity index (χ4v) is 1.09. The molecule has 3 N–H and O–H groups in total. The number of amides is 1. The number of aliphatic hydroxyl groups excluding tert-OH is 1. The SMILES string of the molecule is O=C(COc1ccccc1)NC(CO)C(=O)O. The van der Waals surface area contributed by atoms with E-state index in [1.165, 1.54) is 0 Å². The summed E-state index contributed by atoms with van der Waals surface area (Å²) in [5.74, 6) is -1.38. The van der Waals surface area contributed by atoms with Crippen molar-refractivity contribution in [3.63, 3.8) is 0 Å². The van der Waals surface area contributed by atoms with Gasteiger partial charge in [0.15, 0.2) is 6.61 Å². The van der Waals surface area contributed by atoms with Gasteiger partial charge in [0, 0.05) is 0 Å². The quantitative estimate of drug-likeness (QED) is 0.629. The molecule has 0 fully saturated rings. The summed E-state index contributed by atoms with van der Waals surface area (Å²) in [5, 5.41) is 19.4. The van der Waals surface area contributed by atoms with Crippen molar-refractivity contribution in [2.24, 2.45) is 0 Å². The van der Waals surface area contributed by atoms with Crippen LogP contribution >= 0.6 is 0 Å². The molecule has 6 heteroatoms. The number of aliphatic hydroxyl groups is 1. The Kier molecular flexibility index (Phi) is 4.96. The second-order valence-electron chi connectivity index (χ2n) is 3.24. The van der Waals surface area contributed by atoms with Crippen molar-refractivity contribution >= 4 is 11.9 Å². The molecule has 17 heavy (non-hydrogen) atoms. The first kappa shape index (κ1) is 13.0. The zero-order chi connectivity index (χ0) is 12.7. The fraction of sp³-hybridized carbons (Fsp3) is 0.273. The van der Waals surface area contributed by atoms with Crippen LogP contribution in [0.2, 0.25) is 0 Å². The Labute approximate surface area is 97.8 Å². The highest BCUT2D eigenvalue weighted by atomic mass is 16.5. The lowest BCUT2D eigenvalue weighted by Gasteiger charge is -2.12. The number of carboxylic acid groups (broad SMARTS) is 1. The number of para-hydroxylation sites is 1. The molecule has 0 saturated heterocycles. The third-order valence-corrected chi connectivity index (χ3v) is 1.93. The van der Waals surface area contributed by atoms with Gasteiger partial charge >= 0.3 is 5.97 Å². The van der Waals surface area contributed by atoms with Gasteiger partial charge in [-0.15, -0.1) is 0 Å². The van der Waals surface area contributed by atoms with Crippen molar-refractivity contribution in [2.75, 3.05) is 13.2 Å². The van der Waals surface area contributed by atoms with Crippen LogP contribution in [0.3, 0.4) is 0 Å². The Balaban J connectivity index is 2.37. The average Bonchev–Trinajstić information content (AvgIpc) is 2.34. The van der Waals surface area contributed by atoms with Crippen molar-refractivity contribution in [3.8, 4) is 5.75 Å². The van der Waals surface area contributed by atoms with Crippen LogP contribution in [0.5, 0.6) is 5.75 Å². The summed E-state index contributed by atoms with van der Waals surface area (Å²) >= 11 is 0. The summed E-state index contributed by atoms with van der Waals surface area (Å²) in [5.41, 5.74) is 0. The molecule has 0 aliphatic carbocycles. The number of carbonyl (C=O) groups is 2. The summed E-state index contributed by atoms with van der Waals surface area (Å²) in [7, 11) is 0. The Morgan fingerprint density at radius 1 is 1.29 bits per heavy atom. The van der Waals surface area contributed by atoms with Gasteiger partial charge in [-0.2, -0.15) is 0 Å². The first-order valence-corrected chi connectivity index (χ1v) is 4.94. The molecule has 0 heterocycles. The topological polar surface area (TPSA) is 95.9 Å². The van der Waals surface area contributed by atoms with Crippen molar-refractivity contribution in [1.82, 2.24) is 5.32 Å². The number of nitrogens with one attached hydrogen (secondary N) is 1. The van der Waals surface area contributed by atoms with Crippen LogP contribution < -0.4 is 10.1 Å². The standard InChI is InChI=1S/C11H13NO5/c13-6-9(11(15)16)12-10(14)7-17-8-4-2-1-3-5-8/h1-5,9,13H,6-7H2,(H,12,14)(H,15,16). The van der Waals surface area contributed by atoms with Gasteiger partial charge in [0.25, 0.3) is 5.91 Å². The van der Waals surface area contributed by atoms with E-state index in [4.69, 9.17) is 14.9 Å². The van der Waals surface area contributed by atoms with Crippen molar-refractivity contribution < 1.29 is 24.5 Å². The molecule has 0 saturated carbocycles. The molecule has 0 spiro atoms. The summed E-state index contributed by atoms with van der Waals surface area (Å²) < 4.78 is 5.11. The van der Waals surface area contributed by atoms with E-state index >= 15 is 0 Å². The molecule has 92 valence electrons. The molecule has 0 aromatic heterocycles. The smallest absolute Gasteiger partial charge is 0.328 e. The summed E-state index contributed by atoms with van der Waals surface area (Å²) in [6.07, 6.45) is 0. The van der Waals surface area contributed by atoms with E-state index in [2.05, 4.69) is 5.32 Å². The van der Waals surface area contributed by atoms with E-state index in [-0.39, 0.29) is 6.61 Å². The van der Waals surface area contributed by atoms with E-state index < -0.39 is 24.5 Å². The summed E-state index contributed by atoms with van der Waals surface area (Å²) in [6.45, 7) is -0.958. The molecule has 6 nitrogen and oxygen atoms in total. The molecule has 1 aromatic rings. The van der Waals surface area contributed by atoms with Crippen LogP contribution in [-0.2, 0) is 9.59 Å². The number of hydrogen-bond acceptors (Lipinski definition) is 4. The van der Waals surface area contributed by atoms with E-state index in [1.807, 2.05) is 0 Å². The average molecular weight is 239 g/mol. The predicted octanol–water partition coefficient (Wildman–Crippen LogP) is -0.373. The number of ether oxygens (including phenoxy) is 1. The second-order valence-corrected chi connectivity index (χ2v) is 3.24. The predicted molar refractivity (Wildman–Crippen MR) is 58.6 cm³/mol. The molecule has 1 unspecified atom stereocenters. The highest BCUT2D eigenvalue weighted by Gasteiger charge is 2.18. The van der Waals surface area contributed by atoms with E-state index in [1.54, 1.807) is 30.3 Å². The zero-order valence-corrected chi connectivity index (χ0v) is 9.00. The van der Waals surface area contributed by atoms with E-state index in [0.717, 1.165) is 0 Å². The number of rotatable bonds is 6. The van der Waals surface area contributed by atoms with Crippen LogP contribution in [0.1, 0.15) is 0 Å². The third kappa shape index (κ3) is 4.52. The third-order valence-electron chi connectivity index (χ3n) is 1.93. The molecule has 1 atom stereocenters. The van der Waals surface area contributed by atoms with Gasteiger partial charge in [-0.05, 0) is 12.1 Å². The van der Waals surface area contributed by atoms with E-state index in [9.17, 15) is 9.59 Å². The zero-order valence-electron chi connectivity index (χ0n) is 9.00. The lowest BCUT2D eigenvalue weighted by atomic mass is 10.3. The Bertz CT molecular complexity index is 379. The van der Waals surface area contributed by atoms with Crippen LogP contribution in [0.15, 0.2) is 30.3 Å². The van der Waals surface area contributed by atoms with Crippen molar-refractivity contribution in [2.45, 2.75) is 6.04 Å². The number of benzene rings is 1. The summed E-state index contributed by atoms with van der Waals surface area (Å²) in [6, 6.07) is 7.35. The first-order chi connectivity index (χ1) is 8.13. The monoisotopic (exact) mass is 239 g/mol. The molecular weight excluding hydrogens is 226 g/mol. The molecule has 0 aliphatic heterocycles. The van der Waals surface area contributed by atoms with Gasteiger partial charge in [-0.3, -0.25) is 4.79 Å². The summed E-state index contributed by atoms with van der Waals surface area (Å²) in [4.78, 5) is 21.8. The minimum Gasteiger partial charge on any atom is -0.484 e. The first-order valence-electron chi connectivity index (χ1n) is 4.94. The lowest BCUT2D eigenvalue weighted by molar-refractivity contribution is -0.143. The number of hydrogen-bond donors (Lipinski definition) is 3. The molecule has 1 rings (SSSR count). The largest absolute Gasteiger partial charge is 0.484 e. The van der Waals surface area contributed by atoms with Crippen LogP contribution in [0.4, 0.5) is 0 Å². The van der Waals surface area contributed by atoms with Gasteiger partial charge in [0.1, 0.15) is 11.8 Å². The Morgan fingerprint density at radius 3 is 2.47 bits per heavy atom. The number of carbonyl (C=O) groups excluding carboxylic acids is 1. The molecule has 1 amide bonds. The Morgan fingerprint density at radius 2 is 1.94 bits per heavy atom. The van der Waals surface area contributed by atoms with E-state index in [0.29, 0.717) is 5.75 Å². The Hall–Kier alpha value is -2.08. The van der Waals surface area contributed by atoms with Gasteiger partial charge < -0.3 is 20.3 Å². The van der Waals surface area contributed by atoms with Crippen LogP contribution in [0, 0.1) is 0 Å². The normalized spacial score (nSPS) is 11.6. The van der Waals surface area contributed by atoms with Gasteiger partial charge in [-0.1, -0.05) is 18.2 Å². The highest BCUT2D eigenvalue weighted by molar-refractivity contribution is 5.84. The molecule has 0 bridgehead atoms. The number of aliphatic carboxylic acids is 1. The van der Waals surface area contributed by atoms with Crippen LogP contribution in [-0.4, -0.2) is 41.3 Å². The number of carboxylic acids is 1. The minimum atomic E-state index is -1.30. The molecular formula is C11H13NO5. The molecule has 1 aromatic carbocycles. The molecule has 0 radical (unpaired) electrons. The van der Waals surface area contributed by atoms with Gasteiger partial charge in [-0.25, -0.2) is 4.79 Å². The maximum atomic E-state index is 11.3. The minimum absolute atomic E-state index is 0.298. The molecule has 0 aliphatic rings. The van der Waals surface area contributed by atoms with Crippen molar-refractivity contribution in [3.05, 3.63) is 30.3 Å². The second kappa shape index (κ2) is 6.49. The van der Waals surface area contributed by atoms with Gasteiger partial charge in [0.05, 0.1) is 6.61 Å². The maximum absolute atomic E-state index is 11.3. The van der Waals surface area contributed by atoms with Crippen LogP contribution in [0.25, 0.3) is 0 Å². The van der Waals surface area contributed by atoms with Gasteiger partial charge in [0.2, 0.25) is 0 Å². The fourth-order valence-electron chi connectivity index (χ4n) is 1.09. The lowest BCUT2D eigenvalue weighted by Crippen LogP contribution is -2.45. The van der Waals surface area contributed by atoms with Crippen molar-refractivity contribution in [1.29, 1.82) is 0 Å². The highest BCUT2D eigenvalue weighted by Crippen LogP contribution is 2.07.